The minimum atomic E-state index is -0.726. The molecule has 1 fully saturated rings. The van der Waals surface area contributed by atoms with Crippen LogP contribution in [0.1, 0.15) is 50.2 Å². The molecule has 1 saturated carbocycles. The Kier molecular flexibility index (Phi) is 7.55. The second-order valence-electron chi connectivity index (χ2n) is 7.94. The lowest BCUT2D eigenvalue weighted by molar-refractivity contribution is -0.140. The number of carbonyl (C=O) groups is 2. The summed E-state index contributed by atoms with van der Waals surface area (Å²) in [7, 11) is 0. The van der Waals surface area contributed by atoms with E-state index in [0.717, 1.165) is 25.7 Å². The van der Waals surface area contributed by atoms with Crippen LogP contribution < -0.4 is 5.32 Å². The Labute approximate surface area is 176 Å². The summed E-state index contributed by atoms with van der Waals surface area (Å²) in [5.74, 6) is -1.39. The van der Waals surface area contributed by atoms with Crippen LogP contribution in [0.15, 0.2) is 48.5 Å². The molecule has 0 spiro atoms. The molecule has 2 amide bonds. The molecule has 0 aliphatic heterocycles. The molecule has 3 rings (SSSR count). The number of benzene rings is 2. The normalized spacial score (nSPS) is 15.4. The second-order valence-corrected chi connectivity index (χ2v) is 7.94. The average molecular weight is 414 g/mol. The van der Waals surface area contributed by atoms with Gasteiger partial charge in [0, 0.05) is 12.6 Å². The van der Waals surface area contributed by atoms with Gasteiger partial charge in [0.25, 0.3) is 0 Å². The summed E-state index contributed by atoms with van der Waals surface area (Å²) in [6.07, 6.45) is 5.10. The molecular formula is C24H28F2N2O2. The van der Waals surface area contributed by atoms with Crippen LogP contribution in [-0.4, -0.2) is 28.8 Å². The van der Waals surface area contributed by atoms with Gasteiger partial charge in [-0.2, -0.15) is 0 Å². The van der Waals surface area contributed by atoms with Gasteiger partial charge in [-0.3, -0.25) is 9.59 Å². The fourth-order valence-corrected chi connectivity index (χ4v) is 3.84. The third-order valence-electron chi connectivity index (χ3n) is 5.68. The summed E-state index contributed by atoms with van der Waals surface area (Å²) in [6, 6.07) is 11.3. The Balaban J connectivity index is 1.76. The first kappa shape index (κ1) is 21.9. The summed E-state index contributed by atoms with van der Waals surface area (Å²) >= 11 is 0. The maximum Gasteiger partial charge on any atom is 0.242 e. The van der Waals surface area contributed by atoms with Crippen molar-refractivity contribution in [2.75, 3.05) is 0 Å². The standard InChI is InChI=1S/C24H28F2N2O2/c1-17(24(30)27-21-8-3-2-4-9-21)28(16-18-11-13-20(25)14-12-18)23(29)15-19-7-5-6-10-22(19)26/h5-7,10-14,17,21H,2-4,8-9,15-16H2,1H3,(H,27,30)/t17-/m1/s1. The third-order valence-corrected chi connectivity index (χ3v) is 5.68. The number of nitrogens with one attached hydrogen (secondary N) is 1. The highest BCUT2D eigenvalue weighted by Gasteiger charge is 2.28. The maximum atomic E-state index is 14.1. The van der Waals surface area contributed by atoms with Crippen LogP contribution in [0.4, 0.5) is 8.78 Å². The van der Waals surface area contributed by atoms with Crippen molar-refractivity contribution in [2.45, 2.75) is 64.1 Å². The number of carbonyl (C=O) groups excluding carboxylic acids is 2. The molecule has 160 valence electrons. The zero-order chi connectivity index (χ0) is 21.5. The van der Waals surface area contributed by atoms with Crippen LogP contribution in [0.3, 0.4) is 0 Å². The molecule has 1 atom stereocenters. The molecule has 0 radical (unpaired) electrons. The van der Waals surface area contributed by atoms with Crippen LogP contribution in [0, 0.1) is 11.6 Å². The van der Waals surface area contributed by atoms with Gasteiger partial charge in [-0.15, -0.1) is 0 Å². The van der Waals surface area contributed by atoms with E-state index in [0.29, 0.717) is 5.56 Å². The molecule has 0 bridgehead atoms. The lowest BCUT2D eigenvalue weighted by atomic mass is 9.95. The largest absolute Gasteiger partial charge is 0.352 e. The SMILES string of the molecule is C[C@H](C(=O)NC1CCCCC1)N(Cc1ccc(F)cc1)C(=O)Cc1ccccc1F. The number of hydrogen-bond donors (Lipinski definition) is 1. The number of nitrogens with zero attached hydrogens (tertiary/aromatic N) is 1. The third kappa shape index (κ3) is 5.88. The van der Waals surface area contributed by atoms with E-state index in [1.54, 1.807) is 37.3 Å². The van der Waals surface area contributed by atoms with Crippen molar-refractivity contribution in [3.8, 4) is 0 Å². The molecule has 0 aromatic heterocycles. The van der Waals surface area contributed by atoms with Crippen LogP contribution in [0.2, 0.25) is 0 Å². The zero-order valence-electron chi connectivity index (χ0n) is 17.2. The maximum absolute atomic E-state index is 14.1. The minimum Gasteiger partial charge on any atom is -0.352 e. The molecule has 2 aromatic rings. The van der Waals surface area contributed by atoms with Gasteiger partial charge in [-0.05, 0) is 49.1 Å². The molecule has 6 heteroatoms. The number of hydrogen-bond acceptors (Lipinski definition) is 2. The van der Waals surface area contributed by atoms with Crippen LogP contribution in [0.5, 0.6) is 0 Å². The molecule has 1 N–H and O–H groups in total. The van der Waals surface area contributed by atoms with Gasteiger partial charge in [-0.25, -0.2) is 8.78 Å². The summed E-state index contributed by atoms with van der Waals surface area (Å²) in [4.78, 5) is 27.4. The van der Waals surface area contributed by atoms with Crippen LogP contribution in [0.25, 0.3) is 0 Å². The van der Waals surface area contributed by atoms with Gasteiger partial charge in [0.1, 0.15) is 17.7 Å². The fourth-order valence-electron chi connectivity index (χ4n) is 3.84. The molecule has 1 aliphatic rings. The first-order valence-corrected chi connectivity index (χ1v) is 10.5. The van der Waals surface area contributed by atoms with Crippen molar-refractivity contribution in [1.82, 2.24) is 10.2 Å². The van der Waals surface area contributed by atoms with E-state index < -0.39 is 11.9 Å². The molecule has 0 unspecified atom stereocenters. The molecule has 0 saturated heterocycles. The minimum absolute atomic E-state index is 0.128. The predicted molar refractivity (Wildman–Crippen MR) is 112 cm³/mol. The van der Waals surface area contributed by atoms with E-state index >= 15 is 0 Å². The van der Waals surface area contributed by atoms with E-state index in [4.69, 9.17) is 0 Å². The number of halogens is 2. The lowest BCUT2D eigenvalue weighted by Crippen LogP contribution is -2.50. The molecule has 2 aromatic carbocycles. The van der Waals surface area contributed by atoms with E-state index in [1.807, 2.05) is 0 Å². The van der Waals surface area contributed by atoms with Gasteiger partial charge in [0.15, 0.2) is 0 Å². The van der Waals surface area contributed by atoms with E-state index in [9.17, 15) is 18.4 Å². The van der Waals surface area contributed by atoms with Crippen molar-refractivity contribution in [1.29, 1.82) is 0 Å². The van der Waals surface area contributed by atoms with Crippen LogP contribution >= 0.6 is 0 Å². The molecule has 4 nitrogen and oxygen atoms in total. The Bertz CT molecular complexity index is 864. The van der Waals surface area contributed by atoms with Crippen LogP contribution in [-0.2, 0) is 22.6 Å². The highest BCUT2D eigenvalue weighted by molar-refractivity contribution is 5.88. The van der Waals surface area contributed by atoms with E-state index in [-0.39, 0.29) is 42.2 Å². The molecule has 30 heavy (non-hydrogen) atoms. The van der Waals surface area contributed by atoms with Gasteiger partial charge in [0.05, 0.1) is 6.42 Å². The topological polar surface area (TPSA) is 49.4 Å². The van der Waals surface area contributed by atoms with Gasteiger partial charge >= 0.3 is 0 Å². The predicted octanol–water partition coefficient (Wildman–Crippen LogP) is 4.37. The molecule has 0 heterocycles. The quantitative estimate of drug-likeness (QED) is 0.731. The number of amides is 2. The Hall–Kier alpha value is -2.76. The van der Waals surface area contributed by atoms with E-state index in [1.165, 1.54) is 29.5 Å². The fraction of sp³-hybridized carbons (Fsp3) is 0.417. The zero-order valence-corrected chi connectivity index (χ0v) is 17.2. The first-order chi connectivity index (χ1) is 14.4. The van der Waals surface area contributed by atoms with Gasteiger partial charge < -0.3 is 10.2 Å². The summed E-state index contributed by atoms with van der Waals surface area (Å²) in [5.41, 5.74) is 0.988. The highest BCUT2D eigenvalue weighted by atomic mass is 19.1. The van der Waals surface area contributed by atoms with Gasteiger partial charge in [0.2, 0.25) is 11.8 Å². The summed E-state index contributed by atoms with van der Waals surface area (Å²) in [5, 5.41) is 3.06. The Morgan fingerprint density at radius 2 is 1.70 bits per heavy atom. The summed E-state index contributed by atoms with van der Waals surface area (Å²) in [6.45, 7) is 1.83. The van der Waals surface area contributed by atoms with Gasteiger partial charge in [-0.1, -0.05) is 49.6 Å². The second kappa shape index (κ2) is 10.3. The van der Waals surface area contributed by atoms with Crippen molar-refractivity contribution in [3.05, 3.63) is 71.3 Å². The highest BCUT2D eigenvalue weighted by Crippen LogP contribution is 2.19. The van der Waals surface area contributed by atoms with Crippen molar-refractivity contribution >= 4 is 11.8 Å². The van der Waals surface area contributed by atoms with E-state index in [2.05, 4.69) is 5.32 Å². The molecular weight excluding hydrogens is 386 g/mol. The lowest BCUT2D eigenvalue weighted by Gasteiger charge is -2.31. The Morgan fingerprint density at radius 1 is 1.03 bits per heavy atom. The van der Waals surface area contributed by atoms with Crippen molar-refractivity contribution < 1.29 is 18.4 Å². The summed E-state index contributed by atoms with van der Waals surface area (Å²) < 4.78 is 27.3. The first-order valence-electron chi connectivity index (χ1n) is 10.5. The molecule has 1 aliphatic carbocycles. The monoisotopic (exact) mass is 414 g/mol. The Morgan fingerprint density at radius 3 is 2.37 bits per heavy atom. The van der Waals surface area contributed by atoms with Crippen molar-refractivity contribution in [2.24, 2.45) is 0 Å². The number of rotatable bonds is 7. The smallest absolute Gasteiger partial charge is 0.242 e. The van der Waals surface area contributed by atoms with Crippen molar-refractivity contribution in [3.63, 3.8) is 0 Å². The average Bonchev–Trinajstić information content (AvgIpc) is 2.75.